The van der Waals surface area contributed by atoms with Crippen molar-refractivity contribution in [3.05, 3.63) is 42.4 Å². The van der Waals surface area contributed by atoms with Gasteiger partial charge in [0.2, 0.25) is 0 Å². The van der Waals surface area contributed by atoms with Crippen LogP contribution in [0.15, 0.2) is 30.7 Å². The Morgan fingerprint density at radius 3 is 2.89 bits per heavy atom. The zero-order chi connectivity index (χ0) is 24.3. The molecule has 0 saturated carbocycles. The van der Waals surface area contributed by atoms with Crippen molar-refractivity contribution >= 4 is 39.1 Å². The number of halogens is 2. The lowest BCUT2D eigenvalue weighted by Gasteiger charge is -2.36. The number of nitrogens with one attached hydrogen (secondary N) is 2. The van der Waals surface area contributed by atoms with Gasteiger partial charge in [0.15, 0.2) is 17.2 Å². The first-order chi connectivity index (χ1) is 16.9. The summed E-state index contributed by atoms with van der Waals surface area (Å²) in [6.07, 6.45) is 4.76. The molecule has 10 nitrogen and oxygen atoms in total. The third-order valence-electron chi connectivity index (χ3n) is 6.52. The highest BCUT2D eigenvalue weighted by atomic mass is 19.1. The fourth-order valence-corrected chi connectivity index (χ4v) is 4.64. The molecule has 2 atom stereocenters. The zero-order valence-corrected chi connectivity index (χ0v) is 19.1. The fourth-order valence-electron chi connectivity index (χ4n) is 4.64. The number of fused-ring (bicyclic) bond motifs is 4. The molecule has 0 bridgehead atoms. The second-order valence-electron chi connectivity index (χ2n) is 8.83. The first-order valence-electron chi connectivity index (χ1n) is 11.3. The van der Waals surface area contributed by atoms with E-state index in [0.29, 0.717) is 46.5 Å². The molecule has 35 heavy (non-hydrogen) atoms. The van der Waals surface area contributed by atoms with Gasteiger partial charge in [0, 0.05) is 31.6 Å². The van der Waals surface area contributed by atoms with Gasteiger partial charge < -0.3 is 25.7 Å². The second kappa shape index (κ2) is 8.01. The van der Waals surface area contributed by atoms with Crippen LogP contribution in [0.3, 0.4) is 0 Å². The van der Waals surface area contributed by atoms with E-state index >= 15 is 0 Å². The fraction of sp³-hybridized carbons (Fsp3) is 0.304. The van der Waals surface area contributed by atoms with Gasteiger partial charge in [0.1, 0.15) is 17.3 Å². The summed E-state index contributed by atoms with van der Waals surface area (Å²) in [4.78, 5) is 18.8. The third kappa shape index (κ3) is 3.57. The number of anilines is 2. The van der Waals surface area contributed by atoms with Crippen LogP contribution in [0.5, 0.6) is 11.8 Å². The van der Waals surface area contributed by atoms with E-state index in [1.54, 1.807) is 7.05 Å². The van der Waals surface area contributed by atoms with Crippen molar-refractivity contribution in [2.45, 2.75) is 19.4 Å². The summed E-state index contributed by atoms with van der Waals surface area (Å²) in [5.41, 5.74) is 8.16. The van der Waals surface area contributed by atoms with Gasteiger partial charge in [-0.1, -0.05) is 6.92 Å². The molecule has 1 saturated heterocycles. The van der Waals surface area contributed by atoms with E-state index < -0.39 is 5.82 Å². The van der Waals surface area contributed by atoms with Gasteiger partial charge in [0.05, 0.1) is 35.2 Å². The molecule has 1 aliphatic rings. The van der Waals surface area contributed by atoms with Crippen molar-refractivity contribution in [2.24, 2.45) is 11.7 Å². The number of H-pyrrole nitrogens is 1. The number of hydrogen-bond acceptors (Lipinski definition) is 8. The molecule has 0 spiro atoms. The molecule has 1 aromatic carbocycles. The molecule has 12 heteroatoms. The van der Waals surface area contributed by atoms with Gasteiger partial charge in [-0.2, -0.15) is 15.1 Å². The minimum atomic E-state index is -0.528. The maximum absolute atomic E-state index is 14.5. The van der Waals surface area contributed by atoms with Gasteiger partial charge in [-0.25, -0.2) is 18.3 Å². The predicted octanol–water partition coefficient (Wildman–Crippen LogP) is 3.44. The molecule has 180 valence electrons. The first-order valence-corrected chi connectivity index (χ1v) is 11.3. The minimum Gasteiger partial charge on any atom is -0.421 e. The highest BCUT2D eigenvalue weighted by molar-refractivity contribution is 6.14. The van der Waals surface area contributed by atoms with Gasteiger partial charge >= 0.3 is 6.01 Å². The molecular weight excluding hydrogens is 456 g/mol. The number of nitrogens with two attached hydrogens (primary N) is 1. The smallest absolute Gasteiger partial charge is 0.326 e. The predicted molar refractivity (Wildman–Crippen MR) is 128 cm³/mol. The number of aromatic nitrogens is 6. The average molecular weight is 479 g/mol. The maximum atomic E-state index is 14.5. The van der Waals surface area contributed by atoms with Crippen LogP contribution in [0.25, 0.3) is 27.6 Å². The number of hydrogen-bond donors (Lipinski definition) is 3. The van der Waals surface area contributed by atoms with Crippen LogP contribution in [-0.2, 0) is 0 Å². The maximum Gasteiger partial charge on any atom is 0.326 e. The third-order valence-corrected chi connectivity index (χ3v) is 6.52. The average Bonchev–Trinajstić information content (AvgIpc) is 3.39. The highest BCUT2D eigenvalue weighted by Gasteiger charge is 2.28. The number of nitrogens with zero attached hydrogens (tertiary/aromatic N) is 6. The van der Waals surface area contributed by atoms with E-state index in [-0.39, 0.29) is 35.2 Å². The number of aromatic amines is 1. The van der Waals surface area contributed by atoms with Crippen molar-refractivity contribution in [3.63, 3.8) is 0 Å². The van der Waals surface area contributed by atoms with Gasteiger partial charge in [-0.3, -0.25) is 0 Å². The summed E-state index contributed by atoms with van der Waals surface area (Å²) in [6, 6.07) is 3.07. The molecule has 4 aromatic heterocycles. The summed E-state index contributed by atoms with van der Waals surface area (Å²) in [6.45, 7) is 3.48. The highest BCUT2D eigenvalue weighted by Crippen LogP contribution is 2.38. The Labute approximate surface area is 198 Å². The van der Waals surface area contributed by atoms with Crippen LogP contribution < -0.4 is 20.7 Å². The van der Waals surface area contributed by atoms with E-state index in [2.05, 4.69) is 37.2 Å². The molecule has 0 aliphatic carbocycles. The van der Waals surface area contributed by atoms with Crippen molar-refractivity contribution in [1.82, 2.24) is 29.5 Å². The lowest BCUT2D eigenvalue weighted by atomic mass is 9.94. The van der Waals surface area contributed by atoms with Gasteiger partial charge in [0.25, 0.3) is 0 Å². The summed E-state index contributed by atoms with van der Waals surface area (Å²) in [7, 11) is 1.73. The molecule has 1 fully saturated rings. The molecular formula is C23H23F2N9O. The summed E-state index contributed by atoms with van der Waals surface area (Å²) in [5.74, 6) is 0.266. The molecule has 5 aromatic rings. The minimum absolute atomic E-state index is 0.0711. The Kier molecular flexibility index (Phi) is 4.92. The zero-order valence-electron chi connectivity index (χ0n) is 19.1. The first kappa shape index (κ1) is 21.5. The Balaban J connectivity index is 1.52. The Hall–Kier alpha value is -4.06. The molecule has 1 unspecified atom stereocenters. The van der Waals surface area contributed by atoms with E-state index in [1.165, 1.54) is 29.0 Å². The quantitative estimate of drug-likeness (QED) is 0.358. The lowest BCUT2D eigenvalue weighted by Crippen LogP contribution is -2.46. The van der Waals surface area contributed by atoms with E-state index in [4.69, 9.17) is 15.5 Å². The molecule has 1 aliphatic heterocycles. The number of piperidine rings is 1. The van der Waals surface area contributed by atoms with Gasteiger partial charge in [-0.15, -0.1) is 0 Å². The van der Waals surface area contributed by atoms with E-state index in [0.717, 1.165) is 12.6 Å². The Morgan fingerprint density at radius 1 is 1.23 bits per heavy atom. The normalized spacial score (nSPS) is 18.6. The number of benzene rings is 1. The van der Waals surface area contributed by atoms with Crippen LogP contribution in [0, 0.1) is 17.6 Å². The Bertz CT molecular complexity index is 1580. The molecule has 6 rings (SSSR count). The van der Waals surface area contributed by atoms with Crippen molar-refractivity contribution in [3.8, 4) is 11.8 Å². The number of ether oxygens (including phenoxy) is 1. The SMILES string of the molecule is CNc1cc(F)cc2c1[nH]c1nc(Oc3cnc4c(F)cnn4c3)nc(N3CCC(N)[C@H](C)C3)c12. The van der Waals surface area contributed by atoms with Crippen LogP contribution in [0.4, 0.5) is 20.3 Å². The standard InChI is InChI=1S/C23H23F2N9O/c1-11-9-33(4-3-16(11)26)22-18-14-5-12(24)6-17(27-2)19(14)30-20(18)31-23(32-22)35-13-7-28-21-15(25)8-29-34(21)10-13/h5-8,10-11,16,27H,3-4,9,26H2,1-2H3,(H,30,31,32)/t11-,16?/m1/s1. The number of rotatable bonds is 4. The van der Waals surface area contributed by atoms with Crippen molar-refractivity contribution in [1.29, 1.82) is 0 Å². The summed E-state index contributed by atoms with van der Waals surface area (Å²) in [5, 5.41) is 8.32. The second-order valence-corrected chi connectivity index (χ2v) is 8.83. The summed E-state index contributed by atoms with van der Waals surface area (Å²) < 4.78 is 35.4. The monoisotopic (exact) mass is 479 g/mol. The Morgan fingerprint density at radius 2 is 2.09 bits per heavy atom. The van der Waals surface area contributed by atoms with Crippen molar-refractivity contribution in [2.75, 3.05) is 30.4 Å². The van der Waals surface area contributed by atoms with Gasteiger partial charge in [-0.05, 0) is 24.5 Å². The van der Waals surface area contributed by atoms with Crippen molar-refractivity contribution < 1.29 is 13.5 Å². The van der Waals surface area contributed by atoms with Crippen LogP contribution >= 0.6 is 0 Å². The lowest BCUT2D eigenvalue weighted by molar-refractivity contribution is 0.380. The largest absolute Gasteiger partial charge is 0.421 e. The topological polar surface area (TPSA) is 122 Å². The van der Waals surface area contributed by atoms with Crippen LogP contribution in [0.1, 0.15) is 13.3 Å². The molecule has 0 radical (unpaired) electrons. The molecule has 5 heterocycles. The van der Waals surface area contributed by atoms with Crippen LogP contribution in [-0.4, -0.2) is 55.7 Å². The van der Waals surface area contributed by atoms with Crippen LogP contribution in [0.2, 0.25) is 0 Å². The van der Waals surface area contributed by atoms with E-state index in [1.807, 2.05) is 0 Å². The molecule has 0 amide bonds. The molecule has 4 N–H and O–H groups in total. The summed E-state index contributed by atoms with van der Waals surface area (Å²) >= 11 is 0. The van der Waals surface area contributed by atoms with E-state index in [9.17, 15) is 8.78 Å².